The molecule has 0 spiro atoms. The number of hydrogen-bond donors (Lipinski definition) is 2. The van der Waals surface area contributed by atoms with Crippen molar-refractivity contribution in [1.82, 2.24) is 0 Å². The van der Waals surface area contributed by atoms with E-state index in [1.54, 1.807) is 0 Å². The Kier molecular flexibility index (Phi) is 2.38. The average molecular weight is 193 g/mol. The van der Waals surface area contributed by atoms with Crippen molar-refractivity contribution in [2.75, 3.05) is 11.5 Å². The van der Waals surface area contributed by atoms with Crippen molar-refractivity contribution in [3.63, 3.8) is 0 Å². The maximum absolute atomic E-state index is 12.2. The predicted molar refractivity (Wildman–Crippen MR) is 45.2 cm³/mol. The molecule has 0 aliphatic carbocycles. The monoisotopic (exact) mass is 192 g/mol. The summed E-state index contributed by atoms with van der Waals surface area (Å²) >= 11 is 5.51. The zero-order valence-corrected chi connectivity index (χ0v) is 6.78. The summed E-state index contributed by atoms with van der Waals surface area (Å²) < 4.78 is 24.5. The highest BCUT2D eigenvalue weighted by Crippen LogP contribution is 2.35. The van der Waals surface area contributed by atoms with E-state index in [0.717, 1.165) is 0 Å². The molecule has 1 rings (SSSR count). The zero-order chi connectivity index (χ0) is 9.30. The largest absolute Gasteiger partial charge is 0.398 e. The number of benzene rings is 1. The first-order chi connectivity index (χ1) is 5.54. The fourth-order valence-corrected chi connectivity index (χ4v) is 1.10. The van der Waals surface area contributed by atoms with Gasteiger partial charge in [-0.2, -0.15) is 0 Å². The lowest BCUT2D eigenvalue weighted by Crippen LogP contribution is -1.98. The minimum Gasteiger partial charge on any atom is -0.398 e. The standard InChI is InChI=1S/C7H7ClF2N2/c8-6-4(12)2-1-3(11)5(6)7(9)10/h1-2,7H,11-12H2. The van der Waals surface area contributed by atoms with Crippen molar-refractivity contribution in [3.05, 3.63) is 22.7 Å². The smallest absolute Gasteiger partial charge is 0.267 e. The van der Waals surface area contributed by atoms with Crippen molar-refractivity contribution in [3.8, 4) is 0 Å². The van der Waals surface area contributed by atoms with Crippen LogP contribution in [0.2, 0.25) is 5.02 Å². The second-order valence-electron chi connectivity index (χ2n) is 2.27. The molecule has 0 fully saturated rings. The highest BCUT2D eigenvalue weighted by molar-refractivity contribution is 6.34. The Balaban J connectivity index is 3.33. The molecule has 5 heteroatoms. The molecule has 0 saturated heterocycles. The van der Waals surface area contributed by atoms with E-state index in [1.165, 1.54) is 12.1 Å². The minimum absolute atomic E-state index is 0.0378. The summed E-state index contributed by atoms with van der Waals surface area (Å²) in [7, 11) is 0. The molecular weight excluding hydrogens is 186 g/mol. The summed E-state index contributed by atoms with van der Waals surface area (Å²) in [5.74, 6) is 0. The first-order valence-corrected chi connectivity index (χ1v) is 3.53. The first kappa shape index (κ1) is 9.06. The molecule has 66 valence electrons. The molecule has 0 bridgehead atoms. The summed E-state index contributed by atoms with van der Waals surface area (Å²) in [6.45, 7) is 0. The number of rotatable bonds is 1. The second kappa shape index (κ2) is 3.15. The molecule has 1 aromatic rings. The van der Waals surface area contributed by atoms with Crippen LogP contribution in [0.1, 0.15) is 12.0 Å². The number of nitrogens with two attached hydrogens (primary N) is 2. The normalized spacial score (nSPS) is 10.7. The molecule has 0 atom stereocenters. The Morgan fingerprint density at radius 1 is 1.17 bits per heavy atom. The number of nitrogen functional groups attached to an aromatic ring is 2. The van der Waals surface area contributed by atoms with E-state index in [9.17, 15) is 8.78 Å². The number of anilines is 2. The lowest BCUT2D eigenvalue weighted by atomic mass is 10.1. The molecule has 1 aromatic carbocycles. The molecule has 0 unspecified atom stereocenters. The highest BCUT2D eigenvalue weighted by atomic mass is 35.5. The van der Waals surface area contributed by atoms with Crippen LogP contribution in [0.15, 0.2) is 12.1 Å². The molecule has 0 aliphatic rings. The summed E-state index contributed by atoms with van der Waals surface area (Å²) in [4.78, 5) is 0. The van der Waals surface area contributed by atoms with Gasteiger partial charge in [0.25, 0.3) is 6.43 Å². The van der Waals surface area contributed by atoms with Crippen LogP contribution in [0.3, 0.4) is 0 Å². The van der Waals surface area contributed by atoms with Gasteiger partial charge >= 0.3 is 0 Å². The topological polar surface area (TPSA) is 52.0 Å². The van der Waals surface area contributed by atoms with Gasteiger partial charge in [-0.15, -0.1) is 0 Å². The fraction of sp³-hybridized carbons (Fsp3) is 0.143. The molecule has 0 aliphatic heterocycles. The quantitative estimate of drug-likeness (QED) is 0.672. The number of halogens is 3. The van der Waals surface area contributed by atoms with E-state index < -0.39 is 12.0 Å². The molecule has 2 nitrogen and oxygen atoms in total. The van der Waals surface area contributed by atoms with Gasteiger partial charge in [0.2, 0.25) is 0 Å². The van der Waals surface area contributed by atoms with E-state index in [4.69, 9.17) is 23.1 Å². The van der Waals surface area contributed by atoms with Gasteiger partial charge in [0, 0.05) is 5.69 Å². The Labute approximate surface area is 73.1 Å². The average Bonchev–Trinajstić information content (AvgIpc) is 1.97. The molecular formula is C7H7ClF2N2. The maximum Gasteiger partial charge on any atom is 0.267 e. The van der Waals surface area contributed by atoms with Gasteiger partial charge in [-0.05, 0) is 12.1 Å². The molecule has 0 aromatic heterocycles. The van der Waals surface area contributed by atoms with Gasteiger partial charge in [-0.25, -0.2) is 8.78 Å². The van der Waals surface area contributed by atoms with E-state index in [1.807, 2.05) is 0 Å². The summed E-state index contributed by atoms with van der Waals surface area (Å²) in [6.07, 6.45) is -2.69. The van der Waals surface area contributed by atoms with Gasteiger partial charge in [0.05, 0.1) is 16.3 Å². The van der Waals surface area contributed by atoms with Crippen molar-refractivity contribution < 1.29 is 8.78 Å². The van der Waals surface area contributed by atoms with Crippen LogP contribution in [0.4, 0.5) is 20.2 Å². The van der Waals surface area contributed by atoms with Crippen LogP contribution in [0.25, 0.3) is 0 Å². The number of alkyl halides is 2. The van der Waals surface area contributed by atoms with Crippen LogP contribution >= 0.6 is 11.6 Å². The van der Waals surface area contributed by atoms with Gasteiger partial charge in [-0.1, -0.05) is 11.6 Å². The van der Waals surface area contributed by atoms with Crippen LogP contribution in [0.5, 0.6) is 0 Å². The highest BCUT2D eigenvalue weighted by Gasteiger charge is 2.17. The van der Waals surface area contributed by atoms with Crippen molar-refractivity contribution in [2.45, 2.75) is 6.43 Å². The summed E-state index contributed by atoms with van der Waals surface area (Å²) in [6, 6.07) is 2.70. The third-order valence-electron chi connectivity index (χ3n) is 1.46. The summed E-state index contributed by atoms with van der Waals surface area (Å²) in [5, 5.41) is -0.162. The van der Waals surface area contributed by atoms with Gasteiger partial charge < -0.3 is 11.5 Å². The summed E-state index contributed by atoms with van der Waals surface area (Å²) in [5.41, 5.74) is 10.3. The third-order valence-corrected chi connectivity index (χ3v) is 1.88. The van der Waals surface area contributed by atoms with Crippen LogP contribution in [-0.4, -0.2) is 0 Å². The van der Waals surface area contributed by atoms with Crippen molar-refractivity contribution >= 4 is 23.0 Å². The van der Waals surface area contributed by atoms with E-state index in [-0.39, 0.29) is 16.4 Å². The van der Waals surface area contributed by atoms with Gasteiger partial charge in [-0.3, -0.25) is 0 Å². The Hall–Kier alpha value is -1.03. The molecule has 0 heterocycles. The lowest BCUT2D eigenvalue weighted by Gasteiger charge is -2.08. The van der Waals surface area contributed by atoms with E-state index in [2.05, 4.69) is 0 Å². The fourth-order valence-electron chi connectivity index (χ4n) is 0.847. The Morgan fingerprint density at radius 3 is 2.08 bits per heavy atom. The third kappa shape index (κ3) is 1.43. The Bertz CT molecular complexity index is 302. The van der Waals surface area contributed by atoms with Crippen molar-refractivity contribution in [2.24, 2.45) is 0 Å². The zero-order valence-electron chi connectivity index (χ0n) is 6.02. The molecule has 0 saturated carbocycles. The number of hydrogen-bond acceptors (Lipinski definition) is 2. The van der Waals surface area contributed by atoms with Crippen LogP contribution < -0.4 is 11.5 Å². The SMILES string of the molecule is Nc1ccc(N)c(C(F)F)c1Cl. The van der Waals surface area contributed by atoms with Gasteiger partial charge in [0.15, 0.2) is 0 Å². The van der Waals surface area contributed by atoms with Crippen LogP contribution in [-0.2, 0) is 0 Å². The molecule has 12 heavy (non-hydrogen) atoms. The van der Waals surface area contributed by atoms with Crippen molar-refractivity contribution in [1.29, 1.82) is 0 Å². The maximum atomic E-state index is 12.2. The van der Waals surface area contributed by atoms with E-state index in [0.29, 0.717) is 0 Å². The Morgan fingerprint density at radius 2 is 1.67 bits per heavy atom. The van der Waals surface area contributed by atoms with Gasteiger partial charge in [0.1, 0.15) is 0 Å². The first-order valence-electron chi connectivity index (χ1n) is 3.15. The van der Waals surface area contributed by atoms with Crippen LogP contribution in [0, 0.1) is 0 Å². The molecule has 0 radical (unpaired) electrons. The lowest BCUT2D eigenvalue weighted by molar-refractivity contribution is 0.152. The predicted octanol–water partition coefficient (Wildman–Crippen LogP) is 2.44. The van der Waals surface area contributed by atoms with E-state index >= 15 is 0 Å². The minimum atomic E-state index is -2.69. The second-order valence-corrected chi connectivity index (χ2v) is 2.65. The molecule has 0 amide bonds. The molecule has 4 N–H and O–H groups in total.